The summed E-state index contributed by atoms with van der Waals surface area (Å²) in [6.45, 7) is 8.35. The van der Waals surface area contributed by atoms with E-state index in [0.29, 0.717) is 6.42 Å². The van der Waals surface area contributed by atoms with Crippen LogP contribution in [0, 0.1) is 22.0 Å². The molecule has 35 heavy (non-hydrogen) atoms. The number of carbonyl (C=O) groups is 3. The Bertz CT molecular complexity index is 1030. The van der Waals surface area contributed by atoms with Crippen molar-refractivity contribution in [1.82, 2.24) is 14.9 Å². The Labute approximate surface area is 205 Å². The van der Waals surface area contributed by atoms with Crippen LogP contribution >= 0.6 is 0 Å². The van der Waals surface area contributed by atoms with Gasteiger partial charge >= 0.3 is 5.97 Å². The Hall–Kier alpha value is -3.06. The van der Waals surface area contributed by atoms with Crippen molar-refractivity contribution in [3.05, 3.63) is 34.4 Å². The van der Waals surface area contributed by atoms with E-state index in [-0.39, 0.29) is 16.5 Å². The van der Waals surface area contributed by atoms with Crippen molar-refractivity contribution in [1.29, 1.82) is 0 Å². The predicted octanol–water partition coefficient (Wildman–Crippen LogP) is 1.45. The zero-order valence-corrected chi connectivity index (χ0v) is 21.8. The maximum absolute atomic E-state index is 13.4. The molecular weight excluding hydrogens is 480 g/mol. The third-order valence-electron chi connectivity index (χ3n) is 5.70. The molecule has 0 aliphatic rings. The molecule has 12 nitrogen and oxygen atoms in total. The van der Waals surface area contributed by atoms with Crippen molar-refractivity contribution in [3.63, 3.8) is 0 Å². The highest BCUT2D eigenvalue weighted by molar-refractivity contribution is 7.89. The lowest BCUT2D eigenvalue weighted by Gasteiger charge is -2.35. The van der Waals surface area contributed by atoms with Gasteiger partial charge in [0.05, 0.1) is 16.9 Å². The summed E-state index contributed by atoms with van der Waals surface area (Å²) in [4.78, 5) is 49.3. The number of likely N-dealkylation sites (N-methyl/N-ethyl adjacent to an activating group) is 1. The first kappa shape index (κ1) is 30.0. The van der Waals surface area contributed by atoms with Crippen molar-refractivity contribution < 1.29 is 32.5 Å². The molecule has 0 radical (unpaired) electrons. The van der Waals surface area contributed by atoms with E-state index in [9.17, 15) is 32.9 Å². The smallest absolute Gasteiger partial charge is 0.328 e. The molecule has 0 aliphatic heterocycles. The third kappa shape index (κ3) is 7.72. The number of nitro groups is 1. The van der Waals surface area contributed by atoms with Crippen LogP contribution in [0.1, 0.15) is 41.0 Å². The number of methoxy groups -OCH3 is 1. The van der Waals surface area contributed by atoms with Gasteiger partial charge in [0.25, 0.3) is 5.69 Å². The third-order valence-corrected chi connectivity index (χ3v) is 7.16. The number of benzene rings is 1. The van der Waals surface area contributed by atoms with Crippen molar-refractivity contribution in [3.8, 4) is 0 Å². The van der Waals surface area contributed by atoms with E-state index in [0.717, 1.165) is 24.3 Å². The fourth-order valence-corrected chi connectivity index (χ4v) is 4.72. The van der Waals surface area contributed by atoms with Gasteiger partial charge in [0.15, 0.2) is 0 Å². The van der Waals surface area contributed by atoms with E-state index in [2.05, 4.69) is 14.8 Å². The molecule has 0 heterocycles. The number of esters is 1. The monoisotopic (exact) mass is 514 g/mol. The van der Waals surface area contributed by atoms with Gasteiger partial charge in [-0.15, -0.1) is 0 Å². The SMILES string of the molecule is CC[C@H](C)[C@@H](C(=O)N[C@@H](C)C(=O)OC)N(C)C(=O)[C@@H](NS(=O)(=O)c1ccc([N+](=O)[O-])cc1)C(C)C. The van der Waals surface area contributed by atoms with Crippen LogP contribution in [-0.2, 0) is 29.1 Å². The van der Waals surface area contributed by atoms with Gasteiger partial charge in [-0.25, -0.2) is 13.2 Å². The fourth-order valence-electron chi connectivity index (χ4n) is 3.38. The molecule has 0 aromatic heterocycles. The molecule has 1 aromatic rings. The number of nitrogens with one attached hydrogen (secondary N) is 2. The van der Waals surface area contributed by atoms with Crippen LogP contribution in [-0.4, -0.2) is 68.3 Å². The number of nitrogens with zero attached hydrogens (tertiary/aromatic N) is 2. The van der Waals surface area contributed by atoms with Gasteiger partial charge < -0.3 is 15.0 Å². The summed E-state index contributed by atoms with van der Waals surface area (Å²) in [6, 6.07) is 1.12. The highest BCUT2D eigenvalue weighted by Crippen LogP contribution is 2.20. The first-order valence-corrected chi connectivity index (χ1v) is 12.6. The number of hydrogen-bond donors (Lipinski definition) is 2. The maximum Gasteiger partial charge on any atom is 0.328 e. The molecule has 13 heteroatoms. The lowest BCUT2D eigenvalue weighted by Crippen LogP contribution is -2.58. The van der Waals surface area contributed by atoms with Crippen LogP contribution < -0.4 is 10.0 Å². The Morgan fingerprint density at radius 2 is 1.66 bits per heavy atom. The molecule has 0 spiro atoms. The van der Waals surface area contributed by atoms with Crippen molar-refractivity contribution in [2.24, 2.45) is 11.8 Å². The normalized spacial score (nSPS) is 15.0. The number of rotatable bonds is 12. The van der Waals surface area contributed by atoms with Gasteiger partial charge in [-0.1, -0.05) is 34.1 Å². The predicted molar refractivity (Wildman–Crippen MR) is 128 cm³/mol. The minimum Gasteiger partial charge on any atom is -0.467 e. The number of amides is 2. The number of ether oxygens (including phenoxy) is 1. The Kier molecular flexibility index (Phi) is 10.8. The summed E-state index contributed by atoms with van der Waals surface area (Å²) in [7, 11) is -1.62. The standard InChI is InChI=1S/C22H34N4O8S/c1-8-14(4)19(20(27)23-15(5)22(29)34-7)25(6)21(28)18(13(2)3)24-35(32,33)17-11-9-16(10-12-17)26(30)31/h9-15,18-19,24H,8H2,1-7H3,(H,23,27)/t14-,15-,18-,19-/m0/s1. The summed E-state index contributed by atoms with van der Waals surface area (Å²) in [6.07, 6.45) is 0.531. The minimum absolute atomic E-state index is 0.243. The number of carbonyl (C=O) groups excluding carboxylic acids is 3. The fraction of sp³-hybridized carbons (Fsp3) is 0.591. The number of hydrogen-bond acceptors (Lipinski definition) is 8. The molecule has 2 amide bonds. The number of non-ortho nitro benzene ring substituents is 1. The first-order valence-electron chi connectivity index (χ1n) is 11.1. The largest absolute Gasteiger partial charge is 0.467 e. The molecule has 196 valence electrons. The molecule has 0 saturated heterocycles. The van der Waals surface area contributed by atoms with Gasteiger partial charge in [0.1, 0.15) is 18.1 Å². The highest BCUT2D eigenvalue weighted by Gasteiger charge is 2.38. The van der Waals surface area contributed by atoms with Gasteiger partial charge in [-0.2, -0.15) is 4.72 Å². The molecule has 1 rings (SSSR count). The van der Waals surface area contributed by atoms with E-state index in [1.807, 2.05) is 6.92 Å². The second kappa shape index (κ2) is 12.6. The summed E-state index contributed by atoms with van der Waals surface area (Å²) >= 11 is 0. The topological polar surface area (TPSA) is 165 Å². The molecule has 0 saturated carbocycles. The number of sulfonamides is 1. The van der Waals surface area contributed by atoms with E-state index >= 15 is 0 Å². The van der Waals surface area contributed by atoms with E-state index in [1.165, 1.54) is 26.0 Å². The lowest BCUT2D eigenvalue weighted by molar-refractivity contribution is -0.384. The Balaban J connectivity index is 3.22. The van der Waals surface area contributed by atoms with Gasteiger partial charge in [-0.05, 0) is 30.9 Å². The average molecular weight is 515 g/mol. The molecule has 2 N–H and O–H groups in total. The van der Waals surface area contributed by atoms with Crippen LogP contribution in [0.3, 0.4) is 0 Å². The van der Waals surface area contributed by atoms with Gasteiger partial charge in [0, 0.05) is 19.2 Å². The van der Waals surface area contributed by atoms with E-state index < -0.39 is 56.8 Å². The molecule has 0 aliphatic carbocycles. The number of nitro benzene ring substituents is 1. The average Bonchev–Trinajstić information content (AvgIpc) is 2.81. The lowest BCUT2D eigenvalue weighted by atomic mass is 9.95. The molecule has 4 atom stereocenters. The summed E-state index contributed by atoms with van der Waals surface area (Å²) in [5.41, 5.74) is -0.274. The zero-order valence-electron chi connectivity index (χ0n) is 21.0. The maximum atomic E-state index is 13.4. The quantitative estimate of drug-likeness (QED) is 0.240. The second-order valence-electron chi connectivity index (χ2n) is 8.63. The van der Waals surface area contributed by atoms with Crippen LogP contribution in [0.25, 0.3) is 0 Å². The van der Waals surface area contributed by atoms with Crippen molar-refractivity contribution in [2.75, 3.05) is 14.2 Å². The summed E-state index contributed by atoms with van der Waals surface area (Å²) in [5, 5.41) is 13.4. The summed E-state index contributed by atoms with van der Waals surface area (Å²) in [5.74, 6) is -2.67. The van der Waals surface area contributed by atoms with E-state index in [4.69, 9.17) is 0 Å². The van der Waals surface area contributed by atoms with Crippen LogP contribution in [0.15, 0.2) is 29.2 Å². The molecule has 0 unspecified atom stereocenters. The van der Waals surface area contributed by atoms with Crippen LogP contribution in [0.5, 0.6) is 0 Å². The molecule has 1 aromatic carbocycles. The highest BCUT2D eigenvalue weighted by atomic mass is 32.2. The van der Waals surface area contributed by atoms with Crippen molar-refractivity contribution >= 4 is 33.5 Å². The van der Waals surface area contributed by atoms with Crippen LogP contribution in [0.2, 0.25) is 0 Å². The molecule has 0 fully saturated rings. The van der Waals surface area contributed by atoms with Gasteiger partial charge in [0.2, 0.25) is 21.8 Å². The molecule has 0 bridgehead atoms. The second-order valence-corrected chi connectivity index (χ2v) is 10.3. The van der Waals surface area contributed by atoms with Crippen LogP contribution in [0.4, 0.5) is 5.69 Å². The van der Waals surface area contributed by atoms with Gasteiger partial charge in [-0.3, -0.25) is 19.7 Å². The zero-order chi connectivity index (χ0) is 27.1. The van der Waals surface area contributed by atoms with Crippen molar-refractivity contribution in [2.45, 2.75) is 64.1 Å². The van der Waals surface area contributed by atoms with E-state index in [1.54, 1.807) is 20.8 Å². The first-order chi connectivity index (χ1) is 16.2. The Morgan fingerprint density at radius 3 is 2.09 bits per heavy atom. The minimum atomic E-state index is -4.21. The Morgan fingerprint density at radius 1 is 1.11 bits per heavy atom. The summed E-state index contributed by atoms with van der Waals surface area (Å²) < 4.78 is 32.8. The molecular formula is C22H34N4O8S.